The summed E-state index contributed by atoms with van der Waals surface area (Å²) >= 11 is 3.74. The Morgan fingerprint density at radius 3 is 0.732 bits per heavy atom. The van der Waals surface area contributed by atoms with E-state index >= 15 is 0 Å². The van der Waals surface area contributed by atoms with Gasteiger partial charge in [0.2, 0.25) is 0 Å². The highest BCUT2D eigenvalue weighted by Crippen LogP contribution is 2.39. The molecule has 0 nitrogen and oxygen atoms in total. The molecule has 0 saturated heterocycles. The third kappa shape index (κ3) is 5.92. The van der Waals surface area contributed by atoms with E-state index in [9.17, 15) is 0 Å². The molecule has 0 N–H and O–H groups in total. The minimum atomic E-state index is 1.21. The molecule has 0 radical (unpaired) electrons. The van der Waals surface area contributed by atoms with Crippen LogP contribution in [0.15, 0.2) is 206 Å². The van der Waals surface area contributed by atoms with E-state index in [4.69, 9.17) is 0 Å². The van der Waals surface area contributed by atoms with E-state index in [1.54, 1.807) is 0 Å². The smallest absolute Gasteiger partial charge is 0.0361 e. The molecule has 11 rings (SSSR count). The molecule has 0 amide bonds. The maximum absolute atomic E-state index is 2.35. The lowest BCUT2D eigenvalue weighted by atomic mass is 9.93. The van der Waals surface area contributed by atoms with Crippen LogP contribution in [0.5, 0.6) is 0 Å². The number of fused-ring (bicyclic) bond motifs is 6. The van der Waals surface area contributed by atoms with Crippen molar-refractivity contribution in [1.29, 1.82) is 0 Å². The Morgan fingerprint density at radius 2 is 0.429 bits per heavy atom. The van der Waals surface area contributed by atoms with Gasteiger partial charge in [-0.2, -0.15) is 0 Å². The van der Waals surface area contributed by atoms with Crippen LogP contribution in [-0.4, -0.2) is 0 Å². The summed E-state index contributed by atoms with van der Waals surface area (Å²) in [4.78, 5) is 0. The summed E-state index contributed by atoms with van der Waals surface area (Å²) in [5.41, 5.74) is 14.7. The maximum atomic E-state index is 2.35. The average molecular weight is 747 g/mol. The van der Waals surface area contributed by atoms with E-state index in [1.807, 2.05) is 22.7 Å². The molecule has 2 heterocycles. The fraction of sp³-hybridized carbons (Fsp3) is 0. The Bertz CT molecular complexity index is 3050. The lowest BCUT2D eigenvalue weighted by molar-refractivity contribution is 1.56. The monoisotopic (exact) mass is 746 g/mol. The van der Waals surface area contributed by atoms with Crippen molar-refractivity contribution in [3.63, 3.8) is 0 Å². The second kappa shape index (κ2) is 13.6. The zero-order chi connectivity index (χ0) is 37.0. The van der Waals surface area contributed by atoms with E-state index < -0.39 is 0 Å². The van der Waals surface area contributed by atoms with Crippen molar-refractivity contribution in [1.82, 2.24) is 0 Å². The first kappa shape index (κ1) is 32.8. The van der Waals surface area contributed by atoms with Gasteiger partial charge in [0.1, 0.15) is 0 Å². The van der Waals surface area contributed by atoms with Gasteiger partial charge >= 0.3 is 0 Å². The fourth-order valence-corrected chi connectivity index (χ4v) is 10.5. The van der Waals surface area contributed by atoms with Crippen LogP contribution in [0.4, 0.5) is 0 Å². The summed E-state index contributed by atoms with van der Waals surface area (Å²) in [6.45, 7) is 0. The first-order valence-electron chi connectivity index (χ1n) is 19.1. The van der Waals surface area contributed by atoms with Gasteiger partial charge in [0.25, 0.3) is 0 Å². The van der Waals surface area contributed by atoms with Gasteiger partial charge in [0.15, 0.2) is 0 Å². The van der Waals surface area contributed by atoms with Gasteiger partial charge in [0.05, 0.1) is 0 Å². The molecule has 2 heteroatoms. The molecule has 0 unspecified atom stereocenters. The van der Waals surface area contributed by atoms with Crippen LogP contribution >= 0.6 is 22.7 Å². The van der Waals surface area contributed by atoms with Gasteiger partial charge < -0.3 is 0 Å². The first-order chi connectivity index (χ1) is 27.7. The number of rotatable bonds is 6. The molecule has 11 aromatic rings. The quantitative estimate of drug-likeness (QED) is 0.159. The molecule has 0 fully saturated rings. The van der Waals surface area contributed by atoms with Crippen LogP contribution in [0.1, 0.15) is 0 Å². The van der Waals surface area contributed by atoms with E-state index in [1.165, 1.54) is 107 Å². The first-order valence-corrected chi connectivity index (χ1v) is 20.7. The van der Waals surface area contributed by atoms with Gasteiger partial charge in [0, 0.05) is 40.3 Å². The second-order valence-electron chi connectivity index (χ2n) is 14.5. The molecule has 0 aliphatic heterocycles. The highest BCUT2D eigenvalue weighted by Gasteiger charge is 2.11. The highest BCUT2D eigenvalue weighted by molar-refractivity contribution is 7.26. The molecule has 0 aliphatic carbocycles. The third-order valence-electron chi connectivity index (χ3n) is 11.1. The van der Waals surface area contributed by atoms with Gasteiger partial charge in [-0.3, -0.25) is 0 Å². The number of thiophene rings is 2. The molecular formula is C54H34S2. The molecule has 0 atom stereocenters. The fourth-order valence-electron chi connectivity index (χ4n) is 8.20. The Balaban J connectivity index is 0.878. The second-order valence-corrected chi connectivity index (χ2v) is 16.7. The third-order valence-corrected chi connectivity index (χ3v) is 13.3. The molecular weight excluding hydrogens is 713 g/mol. The number of benzene rings is 9. The van der Waals surface area contributed by atoms with Crippen molar-refractivity contribution in [3.8, 4) is 66.8 Å². The zero-order valence-corrected chi connectivity index (χ0v) is 32.1. The lowest BCUT2D eigenvalue weighted by Gasteiger charge is -2.11. The van der Waals surface area contributed by atoms with E-state index in [2.05, 4.69) is 206 Å². The molecule has 262 valence electrons. The average Bonchev–Trinajstić information content (AvgIpc) is 3.84. The molecule has 2 aromatic heterocycles. The normalized spacial score (nSPS) is 11.6. The van der Waals surface area contributed by atoms with E-state index in [0.717, 1.165) is 0 Å². The van der Waals surface area contributed by atoms with Crippen LogP contribution in [0.3, 0.4) is 0 Å². The Hall–Kier alpha value is -6.58. The van der Waals surface area contributed by atoms with Crippen molar-refractivity contribution >= 4 is 63.0 Å². The lowest BCUT2D eigenvalue weighted by Crippen LogP contribution is -1.86. The Labute approximate surface area is 334 Å². The molecule has 9 aromatic carbocycles. The van der Waals surface area contributed by atoms with E-state index in [-0.39, 0.29) is 0 Å². The molecule has 0 bridgehead atoms. The predicted octanol–water partition coefficient (Wildman–Crippen LogP) is 16.4. The van der Waals surface area contributed by atoms with Crippen LogP contribution in [0.25, 0.3) is 107 Å². The summed E-state index contributed by atoms with van der Waals surface area (Å²) in [5, 5.41) is 5.34. The highest BCUT2D eigenvalue weighted by atomic mass is 32.1. The Kier molecular flexibility index (Phi) is 7.98. The maximum Gasteiger partial charge on any atom is 0.0361 e. The van der Waals surface area contributed by atoms with Crippen molar-refractivity contribution in [2.24, 2.45) is 0 Å². The summed E-state index contributed by atoms with van der Waals surface area (Å²) in [6.07, 6.45) is 0. The van der Waals surface area contributed by atoms with Crippen molar-refractivity contribution < 1.29 is 0 Å². The largest absolute Gasteiger partial charge is 0.135 e. The molecule has 0 saturated carbocycles. The topological polar surface area (TPSA) is 0 Å². The van der Waals surface area contributed by atoms with Gasteiger partial charge in [-0.15, -0.1) is 22.7 Å². The minimum Gasteiger partial charge on any atom is -0.135 e. The Morgan fingerprint density at radius 1 is 0.179 bits per heavy atom. The summed E-state index contributed by atoms with van der Waals surface area (Å²) in [6, 6.07) is 75.9. The zero-order valence-electron chi connectivity index (χ0n) is 30.4. The molecule has 56 heavy (non-hydrogen) atoms. The summed E-state index contributed by atoms with van der Waals surface area (Å²) in [7, 11) is 0. The summed E-state index contributed by atoms with van der Waals surface area (Å²) < 4.78 is 5.33. The number of hydrogen-bond donors (Lipinski definition) is 0. The standard InChI is InChI=1S/C54H34S2/c1-3-22-51-47(20-1)49-26-24-45(33-53(49)55-51)43-18-8-16-41(31-43)39-14-6-12-37(29-39)35-10-5-11-36(28-35)38-13-7-15-40(30-38)42-17-9-19-44(32-42)46-25-27-50-48-21-2-4-23-52(48)56-54(50)34-46/h1-34H. The van der Waals surface area contributed by atoms with Crippen LogP contribution in [0, 0.1) is 0 Å². The summed E-state index contributed by atoms with van der Waals surface area (Å²) in [5.74, 6) is 0. The number of hydrogen-bond acceptors (Lipinski definition) is 2. The predicted molar refractivity (Wildman–Crippen MR) is 245 cm³/mol. The van der Waals surface area contributed by atoms with Crippen molar-refractivity contribution in [2.75, 3.05) is 0 Å². The van der Waals surface area contributed by atoms with Gasteiger partial charge in [-0.05, 0) is 121 Å². The minimum absolute atomic E-state index is 1.21. The van der Waals surface area contributed by atoms with Gasteiger partial charge in [-0.1, -0.05) is 152 Å². The van der Waals surface area contributed by atoms with Crippen LogP contribution in [-0.2, 0) is 0 Å². The van der Waals surface area contributed by atoms with Crippen LogP contribution < -0.4 is 0 Å². The molecule has 0 spiro atoms. The molecule has 0 aliphatic rings. The van der Waals surface area contributed by atoms with Gasteiger partial charge in [-0.25, -0.2) is 0 Å². The SMILES string of the molecule is c1cc(-c2cccc(-c3cccc(-c4ccc5c(c4)sc4ccccc45)c3)c2)cc(-c2cccc(-c3cccc(-c4ccc5c(c4)sc4ccccc45)c3)c2)c1. The van der Waals surface area contributed by atoms with Crippen LogP contribution in [0.2, 0.25) is 0 Å². The van der Waals surface area contributed by atoms with Crippen molar-refractivity contribution in [2.45, 2.75) is 0 Å². The van der Waals surface area contributed by atoms with E-state index in [0.29, 0.717) is 0 Å². The van der Waals surface area contributed by atoms with Crippen molar-refractivity contribution in [3.05, 3.63) is 206 Å².